The van der Waals surface area contributed by atoms with Crippen LogP contribution in [-0.2, 0) is 6.54 Å². The van der Waals surface area contributed by atoms with Crippen LogP contribution in [0.5, 0.6) is 5.75 Å². The van der Waals surface area contributed by atoms with Crippen LogP contribution in [0.2, 0.25) is 0 Å². The van der Waals surface area contributed by atoms with Gasteiger partial charge in [0.1, 0.15) is 11.3 Å². The first-order valence-electron chi connectivity index (χ1n) is 9.90. The van der Waals surface area contributed by atoms with Crippen LogP contribution in [0.3, 0.4) is 0 Å². The molecule has 7 heteroatoms. The quantitative estimate of drug-likeness (QED) is 0.637. The van der Waals surface area contributed by atoms with Crippen molar-refractivity contribution in [2.45, 2.75) is 13.0 Å². The number of hydrogen-bond donors (Lipinski definition) is 0. The van der Waals surface area contributed by atoms with Gasteiger partial charge in [-0.2, -0.15) is 0 Å². The fourth-order valence-electron chi connectivity index (χ4n) is 3.79. The molecule has 0 atom stereocenters. The Morgan fingerprint density at radius 1 is 0.966 bits per heavy atom. The highest BCUT2D eigenvalue weighted by atomic mass is 16.5. The van der Waals surface area contributed by atoms with Crippen molar-refractivity contribution in [3.63, 3.8) is 0 Å². The summed E-state index contributed by atoms with van der Waals surface area (Å²) < 4.78 is 11.8. The number of anilines is 1. The monoisotopic (exact) mass is 395 g/mol. The van der Waals surface area contributed by atoms with Gasteiger partial charge in [0.15, 0.2) is 0 Å². The lowest BCUT2D eigenvalue weighted by Gasteiger charge is -2.36. The van der Waals surface area contributed by atoms with Crippen LogP contribution in [-0.4, -0.2) is 49.3 Å². The molecule has 1 aliphatic rings. The largest absolute Gasteiger partial charge is 0.497 e. The van der Waals surface area contributed by atoms with Crippen molar-refractivity contribution >= 4 is 16.7 Å². The van der Waals surface area contributed by atoms with Crippen LogP contribution >= 0.6 is 0 Å². The van der Waals surface area contributed by atoms with Gasteiger partial charge < -0.3 is 14.1 Å². The molecule has 0 bridgehead atoms. The Bertz CT molecular complexity index is 1100. The highest BCUT2D eigenvalue weighted by Gasteiger charge is 2.17. The molecule has 0 spiro atoms. The molecule has 0 unspecified atom stereocenters. The van der Waals surface area contributed by atoms with E-state index in [9.17, 15) is 9.59 Å². The SMILES string of the molecule is COc1cccc(N2CCN(CCCn3c(=O)oc4ccccc4c3=O)CC2)c1. The van der Waals surface area contributed by atoms with E-state index in [1.165, 1.54) is 10.3 Å². The Morgan fingerprint density at radius 3 is 2.55 bits per heavy atom. The second kappa shape index (κ2) is 8.53. The van der Waals surface area contributed by atoms with Gasteiger partial charge >= 0.3 is 5.76 Å². The van der Waals surface area contributed by atoms with Crippen molar-refractivity contribution in [2.75, 3.05) is 44.7 Å². The van der Waals surface area contributed by atoms with Gasteiger partial charge in [0.2, 0.25) is 0 Å². The third kappa shape index (κ3) is 4.19. The topological polar surface area (TPSA) is 67.9 Å². The Labute approximate surface area is 168 Å². The first-order chi connectivity index (χ1) is 14.2. The highest BCUT2D eigenvalue weighted by Crippen LogP contribution is 2.22. The molecule has 2 aromatic carbocycles. The van der Waals surface area contributed by atoms with E-state index in [-0.39, 0.29) is 5.56 Å². The van der Waals surface area contributed by atoms with Crippen LogP contribution < -0.4 is 21.0 Å². The summed E-state index contributed by atoms with van der Waals surface area (Å²) in [7, 11) is 1.68. The number of fused-ring (bicyclic) bond motifs is 1. The number of piperazine rings is 1. The fraction of sp³-hybridized carbons (Fsp3) is 0.364. The smallest absolute Gasteiger partial charge is 0.422 e. The summed E-state index contributed by atoms with van der Waals surface area (Å²) in [4.78, 5) is 29.4. The minimum absolute atomic E-state index is 0.278. The van der Waals surface area contributed by atoms with Crippen molar-refractivity contribution < 1.29 is 9.15 Å². The number of ether oxygens (including phenoxy) is 1. The normalized spacial score (nSPS) is 15.0. The zero-order valence-corrected chi connectivity index (χ0v) is 16.5. The Kier molecular flexibility index (Phi) is 5.67. The van der Waals surface area contributed by atoms with Gasteiger partial charge in [-0.3, -0.25) is 9.69 Å². The maximum absolute atomic E-state index is 12.6. The lowest BCUT2D eigenvalue weighted by atomic mass is 10.2. The zero-order valence-electron chi connectivity index (χ0n) is 16.5. The van der Waals surface area contributed by atoms with Gasteiger partial charge in [0, 0.05) is 44.5 Å². The van der Waals surface area contributed by atoms with E-state index in [0.717, 1.165) is 44.9 Å². The van der Waals surface area contributed by atoms with Crippen molar-refractivity contribution in [1.82, 2.24) is 9.47 Å². The van der Waals surface area contributed by atoms with E-state index in [4.69, 9.17) is 9.15 Å². The molecular formula is C22H25N3O4. The molecule has 1 saturated heterocycles. The average Bonchev–Trinajstić information content (AvgIpc) is 2.76. The molecule has 1 fully saturated rings. The van der Waals surface area contributed by atoms with Gasteiger partial charge in [-0.25, -0.2) is 9.36 Å². The number of hydrogen-bond acceptors (Lipinski definition) is 6. The third-order valence-corrected chi connectivity index (χ3v) is 5.43. The average molecular weight is 395 g/mol. The van der Waals surface area contributed by atoms with E-state index in [1.54, 1.807) is 31.4 Å². The predicted octanol–water partition coefficient (Wildman–Crippen LogP) is 2.18. The Balaban J connectivity index is 1.33. The number of benzene rings is 2. The predicted molar refractivity (Wildman–Crippen MR) is 113 cm³/mol. The lowest BCUT2D eigenvalue weighted by molar-refractivity contribution is 0.248. The number of nitrogens with zero attached hydrogens (tertiary/aromatic N) is 3. The summed E-state index contributed by atoms with van der Waals surface area (Å²) in [6.07, 6.45) is 0.724. The number of rotatable bonds is 6. The van der Waals surface area contributed by atoms with E-state index in [2.05, 4.69) is 21.9 Å². The Morgan fingerprint density at radius 2 is 1.76 bits per heavy atom. The minimum atomic E-state index is -0.587. The molecular weight excluding hydrogens is 370 g/mol. The van der Waals surface area contributed by atoms with Crippen molar-refractivity contribution in [2.24, 2.45) is 0 Å². The number of aromatic nitrogens is 1. The van der Waals surface area contributed by atoms with Crippen LogP contribution in [0.4, 0.5) is 5.69 Å². The van der Waals surface area contributed by atoms with Gasteiger partial charge in [0.05, 0.1) is 12.5 Å². The summed E-state index contributed by atoms with van der Waals surface area (Å²) in [5, 5.41) is 0.444. The van der Waals surface area contributed by atoms with Crippen LogP contribution in [0.15, 0.2) is 62.5 Å². The van der Waals surface area contributed by atoms with Crippen molar-refractivity contribution in [3.8, 4) is 5.75 Å². The molecule has 152 valence electrons. The molecule has 3 aromatic rings. The van der Waals surface area contributed by atoms with Crippen LogP contribution in [0.25, 0.3) is 11.0 Å². The maximum atomic E-state index is 12.6. The number of methoxy groups -OCH3 is 1. The van der Waals surface area contributed by atoms with E-state index in [1.807, 2.05) is 12.1 Å². The van der Waals surface area contributed by atoms with E-state index < -0.39 is 5.76 Å². The first kappa shape index (κ1) is 19.3. The van der Waals surface area contributed by atoms with Crippen molar-refractivity contribution in [1.29, 1.82) is 0 Å². The summed E-state index contributed by atoms with van der Waals surface area (Å²) in [5.74, 6) is 0.279. The molecule has 4 rings (SSSR count). The second-order valence-electron chi connectivity index (χ2n) is 7.20. The molecule has 1 aliphatic heterocycles. The fourth-order valence-corrected chi connectivity index (χ4v) is 3.79. The van der Waals surface area contributed by atoms with E-state index >= 15 is 0 Å². The van der Waals surface area contributed by atoms with Gasteiger partial charge in [-0.15, -0.1) is 0 Å². The molecule has 29 heavy (non-hydrogen) atoms. The third-order valence-electron chi connectivity index (χ3n) is 5.43. The minimum Gasteiger partial charge on any atom is -0.497 e. The van der Waals surface area contributed by atoms with Crippen molar-refractivity contribution in [3.05, 3.63) is 69.4 Å². The molecule has 1 aromatic heterocycles. The molecule has 0 radical (unpaired) electrons. The summed E-state index contributed by atoms with van der Waals surface area (Å²) in [6.45, 7) is 4.96. The summed E-state index contributed by atoms with van der Waals surface area (Å²) in [6, 6.07) is 15.0. The van der Waals surface area contributed by atoms with Gasteiger partial charge in [-0.1, -0.05) is 18.2 Å². The maximum Gasteiger partial charge on any atom is 0.422 e. The summed E-state index contributed by atoms with van der Waals surface area (Å²) >= 11 is 0. The molecule has 0 amide bonds. The lowest BCUT2D eigenvalue weighted by Crippen LogP contribution is -2.47. The standard InChI is InChI=1S/C22H25N3O4/c1-28-18-7-4-6-17(16-18)24-14-12-23(13-15-24)10-5-11-25-21(26)19-8-2-3-9-20(19)29-22(25)27/h2-4,6-9,16H,5,10-15H2,1H3. The van der Waals surface area contributed by atoms with Crippen LogP contribution in [0, 0.1) is 0 Å². The van der Waals surface area contributed by atoms with Crippen LogP contribution in [0.1, 0.15) is 6.42 Å². The van der Waals surface area contributed by atoms with E-state index in [0.29, 0.717) is 17.5 Å². The van der Waals surface area contributed by atoms with Gasteiger partial charge in [0.25, 0.3) is 5.56 Å². The summed E-state index contributed by atoms with van der Waals surface area (Å²) in [5.41, 5.74) is 1.23. The molecule has 0 saturated carbocycles. The Hall–Kier alpha value is -3.06. The highest BCUT2D eigenvalue weighted by molar-refractivity contribution is 5.74. The first-order valence-corrected chi connectivity index (χ1v) is 9.90. The number of para-hydroxylation sites is 1. The molecule has 2 heterocycles. The molecule has 0 aliphatic carbocycles. The second-order valence-corrected chi connectivity index (χ2v) is 7.20. The van der Waals surface area contributed by atoms with Gasteiger partial charge in [-0.05, 0) is 37.2 Å². The molecule has 0 N–H and O–H groups in total. The molecule has 7 nitrogen and oxygen atoms in total. The zero-order chi connectivity index (χ0) is 20.2.